The number of carbonyl (C=O) groups is 1. The van der Waals surface area contributed by atoms with Crippen molar-refractivity contribution in [1.82, 2.24) is 20.6 Å². The first kappa shape index (κ1) is 12.6. The lowest BCUT2D eigenvalue weighted by atomic mass is 10.0. The molecule has 0 radical (unpaired) electrons. The van der Waals surface area contributed by atoms with Gasteiger partial charge in [-0.15, -0.1) is 5.10 Å². The van der Waals surface area contributed by atoms with Gasteiger partial charge >= 0.3 is 6.09 Å². The SMILES string of the molecule is NC(=O)OC(Cc1nnn[nH]1)c1ccc2c(c1)CCC2. The molecule has 0 saturated heterocycles. The number of nitrogens with two attached hydrogens (primary N) is 1. The van der Waals surface area contributed by atoms with Gasteiger partial charge in [-0.1, -0.05) is 18.2 Å². The number of rotatable bonds is 4. The van der Waals surface area contributed by atoms with Gasteiger partial charge < -0.3 is 10.5 Å². The summed E-state index contributed by atoms with van der Waals surface area (Å²) in [5, 5.41) is 13.5. The predicted molar refractivity (Wildman–Crippen MR) is 69.8 cm³/mol. The average molecular weight is 273 g/mol. The van der Waals surface area contributed by atoms with Crippen LogP contribution in [0, 0.1) is 0 Å². The molecule has 1 atom stereocenters. The molecular formula is C13H15N5O2. The fourth-order valence-electron chi connectivity index (χ4n) is 2.60. The number of primary amides is 1. The number of nitrogens with one attached hydrogen (secondary N) is 1. The molecule has 1 amide bonds. The Kier molecular flexibility index (Phi) is 3.32. The minimum Gasteiger partial charge on any atom is -0.441 e. The van der Waals surface area contributed by atoms with Gasteiger partial charge in [-0.3, -0.25) is 0 Å². The lowest BCUT2D eigenvalue weighted by Gasteiger charge is -2.16. The maximum Gasteiger partial charge on any atom is 0.405 e. The van der Waals surface area contributed by atoms with Crippen molar-refractivity contribution in [2.75, 3.05) is 0 Å². The molecule has 0 saturated carbocycles. The third kappa shape index (κ3) is 2.61. The molecular weight excluding hydrogens is 258 g/mol. The van der Waals surface area contributed by atoms with Crippen molar-refractivity contribution in [2.24, 2.45) is 5.73 Å². The van der Waals surface area contributed by atoms with Crippen LogP contribution in [0.25, 0.3) is 0 Å². The summed E-state index contributed by atoms with van der Waals surface area (Å²) in [5.74, 6) is 0.553. The molecule has 7 heteroatoms. The summed E-state index contributed by atoms with van der Waals surface area (Å²) in [7, 11) is 0. The summed E-state index contributed by atoms with van der Waals surface area (Å²) in [6.45, 7) is 0. The van der Waals surface area contributed by atoms with E-state index in [0.717, 1.165) is 18.4 Å². The molecule has 2 aromatic rings. The minimum atomic E-state index is -0.803. The molecule has 0 fully saturated rings. The number of ether oxygens (including phenoxy) is 1. The van der Waals surface area contributed by atoms with E-state index in [1.165, 1.54) is 17.5 Å². The fourth-order valence-corrected chi connectivity index (χ4v) is 2.60. The van der Waals surface area contributed by atoms with Crippen molar-refractivity contribution in [3.8, 4) is 0 Å². The summed E-state index contributed by atoms with van der Waals surface area (Å²) in [6.07, 6.45) is 2.44. The van der Waals surface area contributed by atoms with Crippen LogP contribution in [0.2, 0.25) is 0 Å². The molecule has 1 heterocycles. The third-order valence-corrected chi connectivity index (χ3v) is 3.52. The second-order valence-electron chi connectivity index (χ2n) is 4.86. The van der Waals surface area contributed by atoms with Gasteiger partial charge in [-0.25, -0.2) is 9.89 Å². The van der Waals surface area contributed by atoms with E-state index in [2.05, 4.69) is 32.8 Å². The highest BCUT2D eigenvalue weighted by atomic mass is 16.6. The Morgan fingerprint density at radius 1 is 1.40 bits per heavy atom. The van der Waals surface area contributed by atoms with Gasteiger partial charge in [0, 0.05) is 0 Å². The van der Waals surface area contributed by atoms with Gasteiger partial charge in [0.2, 0.25) is 0 Å². The molecule has 1 aliphatic carbocycles. The van der Waals surface area contributed by atoms with Gasteiger partial charge in [0.05, 0.1) is 6.42 Å². The minimum absolute atomic E-state index is 0.370. The number of fused-ring (bicyclic) bond motifs is 1. The summed E-state index contributed by atoms with van der Waals surface area (Å²) in [5.41, 5.74) is 8.75. The maximum absolute atomic E-state index is 11.1. The largest absolute Gasteiger partial charge is 0.441 e. The topological polar surface area (TPSA) is 107 Å². The number of aryl methyl sites for hydroxylation is 2. The Hall–Kier alpha value is -2.44. The molecule has 20 heavy (non-hydrogen) atoms. The van der Waals surface area contributed by atoms with Crippen LogP contribution in [0.3, 0.4) is 0 Å². The van der Waals surface area contributed by atoms with Crippen LogP contribution in [0.5, 0.6) is 0 Å². The Balaban J connectivity index is 1.86. The van der Waals surface area contributed by atoms with Gasteiger partial charge in [0.1, 0.15) is 6.10 Å². The maximum atomic E-state index is 11.1. The van der Waals surface area contributed by atoms with E-state index in [0.29, 0.717) is 12.2 Å². The van der Waals surface area contributed by atoms with Crippen LogP contribution in [0.1, 0.15) is 35.0 Å². The van der Waals surface area contributed by atoms with Crippen molar-refractivity contribution in [1.29, 1.82) is 0 Å². The van der Waals surface area contributed by atoms with Gasteiger partial charge in [0.25, 0.3) is 0 Å². The second-order valence-corrected chi connectivity index (χ2v) is 4.86. The number of carbonyl (C=O) groups excluding carboxylic acids is 1. The van der Waals surface area contributed by atoms with Crippen LogP contribution in [-0.2, 0) is 24.0 Å². The molecule has 104 valence electrons. The smallest absolute Gasteiger partial charge is 0.405 e. The first-order valence-electron chi connectivity index (χ1n) is 6.53. The highest BCUT2D eigenvalue weighted by molar-refractivity contribution is 5.65. The number of benzene rings is 1. The van der Waals surface area contributed by atoms with Crippen LogP contribution in [0.4, 0.5) is 4.79 Å². The van der Waals surface area contributed by atoms with Crippen LogP contribution in [0.15, 0.2) is 18.2 Å². The van der Waals surface area contributed by atoms with Crippen LogP contribution < -0.4 is 5.73 Å². The fraction of sp³-hybridized carbons (Fsp3) is 0.385. The van der Waals surface area contributed by atoms with Crippen LogP contribution >= 0.6 is 0 Å². The lowest BCUT2D eigenvalue weighted by molar-refractivity contribution is 0.105. The van der Waals surface area contributed by atoms with Crippen molar-refractivity contribution < 1.29 is 9.53 Å². The predicted octanol–water partition coefficient (Wildman–Crippen LogP) is 1.07. The molecule has 0 bridgehead atoms. The van der Waals surface area contributed by atoms with Crippen molar-refractivity contribution in [3.05, 3.63) is 40.7 Å². The van der Waals surface area contributed by atoms with Crippen molar-refractivity contribution in [2.45, 2.75) is 31.8 Å². The summed E-state index contributed by atoms with van der Waals surface area (Å²) >= 11 is 0. The van der Waals surface area contributed by atoms with E-state index in [4.69, 9.17) is 10.5 Å². The van der Waals surface area contributed by atoms with E-state index in [1.54, 1.807) is 0 Å². The number of nitrogens with zero attached hydrogens (tertiary/aromatic N) is 3. The van der Waals surface area contributed by atoms with E-state index in [9.17, 15) is 4.79 Å². The second kappa shape index (κ2) is 5.28. The summed E-state index contributed by atoms with van der Waals surface area (Å²) in [4.78, 5) is 11.1. The van der Waals surface area contributed by atoms with E-state index in [1.807, 2.05) is 6.07 Å². The van der Waals surface area contributed by atoms with E-state index in [-0.39, 0.29) is 0 Å². The zero-order valence-electron chi connectivity index (χ0n) is 10.9. The monoisotopic (exact) mass is 273 g/mol. The summed E-state index contributed by atoms with van der Waals surface area (Å²) in [6, 6.07) is 6.15. The number of aromatic nitrogens is 4. The molecule has 0 spiro atoms. The normalized spacial score (nSPS) is 14.8. The van der Waals surface area contributed by atoms with Gasteiger partial charge in [0.15, 0.2) is 5.82 Å². The number of hydrogen-bond donors (Lipinski definition) is 2. The lowest BCUT2D eigenvalue weighted by Crippen LogP contribution is -2.19. The summed E-state index contributed by atoms with van der Waals surface area (Å²) < 4.78 is 5.19. The first-order chi connectivity index (χ1) is 9.72. The molecule has 0 aliphatic heterocycles. The highest BCUT2D eigenvalue weighted by Gasteiger charge is 2.20. The quantitative estimate of drug-likeness (QED) is 0.866. The molecule has 1 aromatic heterocycles. The Bertz CT molecular complexity index is 611. The van der Waals surface area contributed by atoms with Crippen molar-refractivity contribution >= 4 is 6.09 Å². The molecule has 7 nitrogen and oxygen atoms in total. The molecule has 3 rings (SSSR count). The molecule has 3 N–H and O–H groups in total. The molecule has 1 aromatic carbocycles. The Morgan fingerprint density at radius 2 is 2.25 bits per heavy atom. The number of H-pyrrole nitrogens is 1. The standard InChI is InChI=1S/C13H15N5O2/c14-13(19)20-11(7-12-15-17-18-16-12)10-5-4-8-2-1-3-9(8)6-10/h4-6,11H,1-3,7H2,(H2,14,19)(H,15,16,17,18). The van der Waals surface area contributed by atoms with Gasteiger partial charge in [-0.05, 0) is 46.4 Å². The Labute approximate surface area is 115 Å². The molecule has 1 unspecified atom stereocenters. The average Bonchev–Trinajstić information content (AvgIpc) is 3.07. The third-order valence-electron chi connectivity index (χ3n) is 3.52. The van der Waals surface area contributed by atoms with E-state index < -0.39 is 12.2 Å². The number of amides is 1. The number of hydrogen-bond acceptors (Lipinski definition) is 5. The molecule has 1 aliphatic rings. The van der Waals surface area contributed by atoms with Crippen LogP contribution in [-0.4, -0.2) is 26.7 Å². The zero-order valence-corrected chi connectivity index (χ0v) is 10.9. The number of tetrazole rings is 1. The highest BCUT2D eigenvalue weighted by Crippen LogP contribution is 2.28. The van der Waals surface area contributed by atoms with Gasteiger partial charge in [-0.2, -0.15) is 0 Å². The number of aromatic amines is 1. The first-order valence-corrected chi connectivity index (χ1v) is 6.53. The Morgan fingerprint density at radius 3 is 3.00 bits per heavy atom. The van der Waals surface area contributed by atoms with Crippen molar-refractivity contribution in [3.63, 3.8) is 0 Å². The zero-order chi connectivity index (χ0) is 13.9. The van der Waals surface area contributed by atoms with E-state index >= 15 is 0 Å².